The Balaban J connectivity index is 2.35. The smallest absolute Gasteiger partial charge is 0.321 e. The standard InChI is InChI=1S/C12H18Cl2N2O4/c1-10(2,3)16-9(19)15-7(17)5-20-8(18)11(4)6-12(11,13)14/h5-6H2,1-4H3,(H2,15,16,17,19)/t11-/m1/s1. The quantitative estimate of drug-likeness (QED) is 0.611. The predicted octanol–water partition coefficient (Wildman–Crippen LogP) is 1.74. The molecule has 0 aromatic heterocycles. The fourth-order valence-electron chi connectivity index (χ4n) is 1.45. The van der Waals surface area contributed by atoms with Crippen molar-refractivity contribution in [3.63, 3.8) is 0 Å². The van der Waals surface area contributed by atoms with Crippen LogP contribution in [0, 0.1) is 5.41 Å². The first-order chi connectivity index (χ1) is 8.87. The number of carbonyl (C=O) groups excluding carboxylic acids is 3. The van der Waals surface area contributed by atoms with Crippen LogP contribution in [-0.2, 0) is 14.3 Å². The molecule has 3 amide bonds. The van der Waals surface area contributed by atoms with Gasteiger partial charge in [-0.25, -0.2) is 4.79 Å². The Morgan fingerprint density at radius 1 is 1.25 bits per heavy atom. The Morgan fingerprint density at radius 3 is 2.15 bits per heavy atom. The van der Waals surface area contributed by atoms with Crippen molar-refractivity contribution >= 4 is 41.1 Å². The lowest BCUT2D eigenvalue weighted by atomic mass is 10.1. The highest BCUT2D eigenvalue weighted by atomic mass is 35.5. The van der Waals surface area contributed by atoms with Gasteiger partial charge in [0.15, 0.2) is 6.61 Å². The monoisotopic (exact) mass is 324 g/mol. The summed E-state index contributed by atoms with van der Waals surface area (Å²) in [6.07, 6.45) is 0.272. The van der Waals surface area contributed by atoms with E-state index < -0.39 is 39.8 Å². The minimum Gasteiger partial charge on any atom is -0.455 e. The second kappa shape index (κ2) is 5.41. The molecule has 0 aromatic rings. The van der Waals surface area contributed by atoms with Crippen LogP contribution in [0.3, 0.4) is 0 Å². The normalized spacial score (nSPS) is 23.7. The van der Waals surface area contributed by atoms with Crippen LogP contribution in [0.4, 0.5) is 4.79 Å². The first kappa shape index (κ1) is 17.0. The lowest BCUT2D eigenvalue weighted by molar-refractivity contribution is -0.153. The van der Waals surface area contributed by atoms with E-state index in [9.17, 15) is 14.4 Å². The Kier molecular flexibility index (Phi) is 4.61. The van der Waals surface area contributed by atoms with Crippen molar-refractivity contribution in [3.05, 3.63) is 0 Å². The molecule has 1 saturated carbocycles. The van der Waals surface area contributed by atoms with Gasteiger partial charge in [0, 0.05) is 12.0 Å². The molecule has 6 nitrogen and oxygen atoms in total. The molecule has 0 heterocycles. The highest BCUT2D eigenvalue weighted by Crippen LogP contribution is 2.64. The Bertz CT molecular complexity index is 445. The number of rotatable bonds is 3. The van der Waals surface area contributed by atoms with Gasteiger partial charge in [-0.1, -0.05) is 0 Å². The van der Waals surface area contributed by atoms with Crippen LogP contribution in [-0.4, -0.2) is 34.4 Å². The molecular formula is C12H18Cl2N2O4. The molecule has 0 saturated heterocycles. The summed E-state index contributed by atoms with van der Waals surface area (Å²) in [6, 6.07) is -0.653. The predicted molar refractivity (Wildman–Crippen MR) is 74.5 cm³/mol. The third kappa shape index (κ3) is 4.24. The maximum atomic E-state index is 11.7. The lowest BCUT2D eigenvalue weighted by Gasteiger charge is -2.20. The van der Waals surface area contributed by atoms with Crippen LogP contribution in [0.25, 0.3) is 0 Å². The molecule has 2 N–H and O–H groups in total. The van der Waals surface area contributed by atoms with Crippen molar-refractivity contribution in [3.8, 4) is 0 Å². The summed E-state index contributed by atoms with van der Waals surface area (Å²) in [5.74, 6) is -1.38. The van der Waals surface area contributed by atoms with E-state index in [0.29, 0.717) is 0 Å². The Hall–Kier alpha value is -1.01. The number of halogens is 2. The number of amides is 3. The van der Waals surface area contributed by atoms with Crippen LogP contribution >= 0.6 is 23.2 Å². The van der Waals surface area contributed by atoms with Crippen molar-refractivity contribution < 1.29 is 19.1 Å². The molecule has 1 aliphatic rings. The number of hydrogen-bond acceptors (Lipinski definition) is 4. The molecule has 114 valence electrons. The van der Waals surface area contributed by atoms with E-state index in [1.54, 1.807) is 27.7 Å². The number of ether oxygens (including phenoxy) is 1. The van der Waals surface area contributed by atoms with E-state index >= 15 is 0 Å². The first-order valence-corrected chi connectivity index (χ1v) is 6.80. The van der Waals surface area contributed by atoms with Gasteiger partial charge in [-0.3, -0.25) is 14.9 Å². The maximum Gasteiger partial charge on any atom is 0.321 e. The van der Waals surface area contributed by atoms with Gasteiger partial charge in [-0.2, -0.15) is 0 Å². The number of imide groups is 1. The largest absolute Gasteiger partial charge is 0.455 e. The molecule has 0 radical (unpaired) electrons. The zero-order chi connectivity index (χ0) is 15.8. The first-order valence-electron chi connectivity index (χ1n) is 6.04. The third-order valence-corrected chi connectivity index (χ3v) is 3.89. The molecule has 0 aromatic carbocycles. The van der Waals surface area contributed by atoms with Crippen LogP contribution in [0.5, 0.6) is 0 Å². The van der Waals surface area contributed by atoms with E-state index in [-0.39, 0.29) is 6.42 Å². The van der Waals surface area contributed by atoms with Gasteiger partial charge in [-0.15, -0.1) is 23.2 Å². The molecular weight excluding hydrogens is 307 g/mol. The van der Waals surface area contributed by atoms with Crippen molar-refractivity contribution in [1.29, 1.82) is 0 Å². The number of hydrogen-bond donors (Lipinski definition) is 2. The highest BCUT2D eigenvalue weighted by Gasteiger charge is 2.69. The molecule has 1 rings (SSSR count). The average Bonchev–Trinajstić information content (AvgIpc) is 2.73. The summed E-state index contributed by atoms with van der Waals surface area (Å²) in [7, 11) is 0. The van der Waals surface area contributed by atoms with Crippen molar-refractivity contribution in [2.24, 2.45) is 5.41 Å². The number of esters is 1. The number of nitrogens with one attached hydrogen (secondary N) is 2. The van der Waals surface area contributed by atoms with Gasteiger partial charge in [0.2, 0.25) is 0 Å². The zero-order valence-corrected chi connectivity index (χ0v) is 13.3. The Morgan fingerprint density at radius 2 is 1.75 bits per heavy atom. The summed E-state index contributed by atoms with van der Waals surface area (Å²) in [4.78, 5) is 34.5. The second-order valence-corrected chi connectivity index (χ2v) is 7.53. The molecule has 20 heavy (non-hydrogen) atoms. The summed E-state index contributed by atoms with van der Waals surface area (Å²) in [6.45, 7) is 6.30. The second-order valence-electron chi connectivity index (χ2n) is 6.04. The summed E-state index contributed by atoms with van der Waals surface area (Å²) >= 11 is 11.6. The van der Waals surface area contributed by atoms with E-state index in [1.165, 1.54) is 0 Å². The highest BCUT2D eigenvalue weighted by molar-refractivity contribution is 6.53. The van der Waals surface area contributed by atoms with E-state index in [0.717, 1.165) is 0 Å². The van der Waals surface area contributed by atoms with E-state index in [1.807, 2.05) is 0 Å². The fraction of sp³-hybridized carbons (Fsp3) is 0.750. The number of carbonyl (C=O) groups is 3. The summed E-state index contributed by atoms with van der Waals surface area (Å²) in [5.41, 5.74) is -1.47. The molecule has 1 fully saturated rings. The van der Waals surface area contributed by atoms with Crippen molar-refractivity contribution in [2.45, 2.75) is 44.0 Å². The average molecular weight is 325 g/mol. The van der Waals surface area contributed by atoms with Crippen LogP contribution < -0.4 is 10.6 Å². The SMILES string of the molecule is CC(C)(C)NC(=O)NC(=O)COC(=O)[C@@]1(C)CC1(Cl)Cl. The molecule has 1 atom stereocenters. The van der Waals surface area contributed by atoms with Crippen molar-refractivity contribution in [1.82, 2.24) is 10.6 Å². The van der Waals surface area contributed by atoms with Crippen LogP contribution in [0.1, 0.15) is 34.1 Å². The third-order valence-electron chi connectivity index (χ3n) is 2.78. The lowest BCUT2D eigenvalue weighted by Crippen LogP contribution is -2.49. The molecule has 0 spiro atoms. The number of alkyl halides is 2. The molecule has 0 aliphatic heterocycles. The maximum absolute atomic E-state index is 11.7. The molecule has 0 unspecified atom stereocenters. The summed E-state index contributed by atoms with van der Waals surface area (Å²) < 4.78 is 3.65. The van der Waals surface area contributed by atoms with Crippen molar-refractivity contribution in [2.75, 3.05) is 6.61 Å². The van der Waals surface area contributed by atoms with Gasteiger partial charge in [0.05, 0.1) is 0 Å². The molecule has 8 heteroatoms. The number of urea groups is 1. The Labute approximate surface area is 127 Å². The van der Waals surface area contributed by atoms with E-state index in [2.05, 4.69) is 10.6 Å². The van der Waals surface area contributed by atoms with Crippen LogP contribution in [0.2, 0.25) is 0 Å². The topological polar surface area (TPSA) is 84.5 Å². The van der Waals surface area contributed by atoms with Gasteiger partial charge < -0.3 is 10.1 Å². The van der Waals surface area contributed by atoms with E-state index in [4.69, 9.17) is 27.9 Å². The molecule has 0 bridgehead atoms. The minimum atomic E-state index is -1.15. The summed E-state index contributed by atoms with van der Waals surface area (Å²) in [5, 5.41) is 4.59. The van der Waals surface area contributed by atoms with Gasteiger partial charge in [-0.05, 0) is 27.7 Å². The van der Waals surface area contributed by atoms with Gasteiger partial charge in [0.1, 0.15) is 9.75 Å². The zero-order valence-electron chi connectivity index (χ0n) is 11.8. The molecule has 1 aliphatic carbocycles. The van der Waals surface area contributed by atoms with Gasteiger partial charge in [0.25, 0.3) is 5.91 Å². The van der Waals surface area contributed by atoms with Crippen LogP contribution in [0.15, 0.2) is 0 Å². The fourth-order valence-corrected chi connectivity index (χ4v) is 2.14. The van der Waals surface area contributed by atoms with Gasteiger partial charge >= 0.3 is 12.0 Å². The minimum absolute atomic E-state index is 0.272.